The van der Waals surface area contributed by atoms with Gasteiger partial charge in [-0.2, -0.15) is 5.10 Å². The van der Waals surface area contributed by atoms with Crippen molar-refractivity contribution in [3.05, 3.63) is 91.8 Å². The van der Waals surface area contributed by atoms with Crippen molar-refractivity contribution in [1.82, 2.24) is 5.43 Å². The molecule has 0 spiro atoms. The van der Waals surface area contributed by atoms with Gasteiger partial charge in [0.15, 0.2) is 5.76 Å². The first-order chi connectivity index (χ1) is 13.9. The zero-order valence-electron chi connectivity index (χ0n) is 15.3. The van der Waals surface area contributed by atoms with E-state index in [1.807, 2.05) is 0 Å². The molecule has 1 amide bonds. The third-order valence-electron chi connectivity index (χ3n) is 3.84. The number of benzene rings is 2. The van der Waals surface area contributed by atoms with Crippen LogP contribution in [0.4, 0.5) is 5.69 Å². The number of hydrazone groups is 1. The monoisotopic (exact) mass is 457 g/mol. The number of ether oxygens (including phenoxy) is 1. The Balaban J connectivity index is 1.56. The fourth-order valence-corrected chi connectivity index (χ4v) is 2.88. The van der Waals surface area contributed by atoms with Gasteiger partial charge in [0.05, 0.1) is 15.6 Å². The topological polar surface area (TPSA) is 107 Å². The molecule has 0 saturated heterocycles. The van der Waals surface area contributed by atoms with E-state index < -0.39 is 10.8 Å². The van der Waals surface area contributed by atoms with Gasteiger partial charge in [-0.3, -0.25) is 14.9 Å². The summed E-state index contributed by atoms with van der Waals surface area (Å²) in [6.07, 6.45) is 1.50. The minimum absolute atomic E-state index is 0.0350. The van der Waals surface area contributed by atoms with Crippen LogP contribution < -0.4 is 10.2 Å². The number of hydrogen-bond donors (Lipinski definition) is 1. The van der Waals surface area contributed by atoms with Crippen LogP contribution in [0, 0.1) is 17.0 Å². The molecule has 0 aliphatic carbocycles. The molecule has 3 rings (SSSR count). The number of carbonyl (C=O) groups excluding carboxylic acids is 1. The minimum Gasteiger partial charge on any atom is -0.488 e. The molecule has 0 atom stereocenters. The van der Waals surface area contributed by atoms with Crippen LogP contribution in [0.3, 0.4) is 0 Å². The van der Waals surface area contributed by atoms with E-state index in [-0.39, 0.29) is 18.1 Å². The molecular weight excluding hydrogens is 442 g/mol. The SMILES string of the molecule is Cc1ccc(C(=O)N/N=C\c2ccc(OCc3ccc([N+](=O)[O-])cc3)c(Br)c2)o1. The van der Waals surface area contributed by atoms with E-state index in [2.05, 4.69) is 26.5 Å². The summed E-state index contributed by atoms with van der Waals surface area (Å²) in [6.45, 7) is 2.02. The second-order valence-electron chi connectivity index (χ2n) is 6.01. The van der Waals surface area contributed by atoms with Gasteiger partial charge < -0.3 is 9.15 Å². The van der Waals surface area contributed by atoms with Crippen molar-refractivity contribution in [3.63, 3.8) is 0 Å². The zero-order chi connectivity index (χ0) is 20.8. The van der Waals surface area contributed by atoms with E-state index >= 15 is 0 Å². The van der Waals surface area contributed by atoms with Gasteiger partial charge in [-0.15, -0.1) is 0 Å². The van der Waals surface area contributed by atoms with Gasteiger partial charge in [0.25, 0.3) is 5.69 Å². The summed E-state index contributed by atoms with van der Waals surface area (Å²) in [5, 5.41) is 14.6. The number of non-ortho nitro benzene ring substituents is 1. The summed E-state index contributed by atoms with van der Waals surface area (Å²) in [6, 6.07) is 14.8. The van der Waals surface area contributed by atoms with Gasteiger partial charge in [-0.05, 0) is 76.4 Å². The van der Waals surface area contributed by atoms with E-state index in [9.17, 15) is 14.9 Å². The summed E-state index contributed by atoms with van der Waals surface area (Å²) in [7, 11) is 0. The first-order valence-corrected chi connectivity index (χ1v) is 9.27. The molecule has 1 N–H and O–H groups in total. The Labute approximate surface area is 174 Å². The van der Waals surface area contributed by atoms with Crippen LogP contribution in [0.5, 0.6) is 5.75 Å². The van der Waals surface area contributed by atoms with Crippen LogP contribution in [0.1, 0.15) is 27.4 Å². The average Bonchev–Trinajstić information content (AvgIpc) is 3.14. The molecule has 1 heterocycles. The van der Waals surface area contributed by atoms with Gasteiger partial charge in [0.1, 0.15) is 18.1 Å². The van der Waals surface area contributed by atoms with E-state index in [1.54, 1.807) is 49.4 Å². The molecule has 8 nitrogen and oxygen atoms in total. The molecule has 148 valence electrons. The Hall–Kier alpha value is -3.46. The molecule has 9 heteroatoms. The highest BCUT2D eigenvalue weighted by Crippen LogP contribution is 2.26. The Morgan fingerprint density at radius 2 is 2.00 bits per heavy atom. The number of amides is 1. The standard InChI is InChI=1S/C20H16BrN3O5/c1-13-2-8-19(29-13)20(25)23-22-11-15-5-9-18(17(21)10-15)28-12-14-3-6-16(7-4-14)24(26)27/h2-11H,12H2,1H3,(H,23,25)/b22-11-. The van der Waals surface area contributed by atoms with Gasteiger partial charge >= 0.3 is 5.91 Å². The van der Waals surface area contributed by atoms with Crippen LogP contribution in [0.25, 0.3) is 0 Å². The van der Waals surface area contributed by atoms with Crippen LogP contribution >= 0.6 is 15.9 Å². The highest BCUT2D eigenvalue weighted by Gasteiger charge is 2.09. The second-order valence-corrected chi connectivity index (χ2v) is 6.87. The Kier molecular flexibility index (Phi) is 6.40. The number of rotatable bonds is 7. The summed E-state index contributed by atoms with van der Waals surface area (Å²) in [5.74, 6) is 1.01. The summed E-state index contributed by atoms with van der Waals surface area (Å²) in [5.41, 5.74) is 3.99. The van der Waals surface area contributed by atoms with Crippen molar-refractivity contribution in [2.75, 3.05) is 0 Å². The highest BCUT2D eigenvalue weighted by atomic mass is 79.9. The molecule has 0 saturated carbocycles. The van der Waals surface area contributed by atoms with Crippen molar-refractivity contribution in [2.24, 2.45) is 5.10 Å². The lowest BCUT2D eigenvalue weighted by Crippen LogP contribution is -2.16. The summed E-state index contributed by atoms with van der Waals surface area (Å²) >= 11 is 3.43. The molecule has 0 aliphatic heterocycles. The predicted octanol–water partition coefficient (Wildman–Crippen LogP) is 4.60. The Bertz CT molecular complexity index is 1060. The van der Waals surface area contributed by atoms with Gasteiger partial charge in [0.2, 0.25) is 0 Å². The first-order valence-electron chi connectivity index (χ1n) is 8.48. The number of aryl methyl sites for hydroxylation is 1. The molecular formula is C20H16BrN3O5. The molecule has 0 radical (unpaired) electrons. The Morgan fingerprint density at radius 1 is 1.24 bits per heavy atom. The largest absolute Gasteiger partial charge is 0.488 e. The lowest BCUT2D eigenvalue weighted by molar-refractivity contribution is -0.384. The number of halogens is 1. The van der Waals surface area contributed by atoms with Crippen LogP contribution in [-0.4, -0.2) is 17.0 Å². The molecule has 2 aromatic carbocycles. The van der Waals surface area contributed by atoms with E-state index in [0.29, 0.717) is 16.0 Å². The van der Waals surface area contributed by atoms with Crippen molar-refractivity contribution in [3.8, 4) is 5.75 Å². The number of furan rings is 1. The lowest BCUT2D eigenvalue weighted by atomic mass is 10.2. The van der Waals surface area contributed by atoms with Crippen molar-refractivity contribution in [1.29, 1.82) is 0 Å². The Morgan fingerprint density at radius 3 is 2.62 bits per heavy atom. The van der Waals surface area contributed by atoms with Crippen LogP contribution in [-0.2, 0) is 6.61 Å². The molecule has 0 bridgehead atoms. The van der Waals surface area contributed by atoms with E-state index in [1.165, 1.54) is 18.3 Å². The fraction of sp³-hybridized carbons (Fsp3) is 0.100. The molecule has 3 aromatic rings. The van der Waals surface area contributed by atoms with Crippen molar-refractivity contribution in [2.45, 2.75) is 13.5 Å². The minimum atomic E-state index is -0.445. The number of nitrogens with one attached hydrogen (secondary N) is 1. The molecule has 29 heavy (non-hydrogen) atoms. The van der Waals surface area contributed by atoms with E-state index in [4.69, 9.17) is 9.15 Å². The van der Waals surface area contributed by atoms with Crippen molar-refractivity contribution < 1.29 is 18.9 Å². The fourth-order valence-electron chi connectivity index (χ4n) is 2.37. The number of nitro benzene ring substituents is 1. The molecule has 0 aliphatic rings. The van der Waals surface area contributed by atoms with Crippen molar-refractivity contribution >= 4 is 33.7 Å². The third kappa shape index (κ3) is 5.52. The number of carbonyl (C=O) groups is 1. The number of hydrogen-bond acceptors (Lipinski definition) is 6. The predicted molar refractivity (Wildman–Crippen MR) is 110 cm³/mol. The van der Waals surface area contributed by atoms with E-state index in [0.717, 1.165) is 11.1 Å². The number of nitro groups is 1. The maximum atomic E-state index is 11.9. The third-order valence-corrected chi connectivity index (χ3v) is 4.46. The zero-order valence-corrected chi connectivity index (χ0v) is 16.9. The average molecular weight is 458 g/mol. The second kappa shape index (κ2) is 9.16. The summed E-state index contributed by atoms with van der Waals surface area (Å²) in [4.78, 5) is 22.1. The van der Waals surface area contributed by atoms with Gasteiger partial charge in [-0.1, -0.05) is 0 Å². The summed E-state index contributed by atoms with van der Waals surface area (Å²) < 4.78 is 11.7. The quantitative estimate of drug-likeness (QED) is 0.316. The van der Waals surface area contributed by atoms with Gasteiger partial charge in [0, 0.05) is 12.1 Å². The maximum Gasteiger partial charge on any atom is 0.307 e. The van der Waals surface area contributed by atoms with Crippen LogP contribution in [0.15, 0.2) is 68.6 Å². The maximum absolute atomic E-state index is 11.9. The smallest absolute Gasteiger partial charge is 0.307 e. The lowest BCUT2D eigenvalue weighted by Gasteiger charge is -2.09. The number of nitrogens with zero attached hydrogens (tertiary/aromatic N) is 2. The normalized spacial score (nSPS) is 10.8. The molecule has 0 fully saturated rings. The highest BCUT2D eigenvalue weighted by molar-refractivity contribution is 9.10. The molecule has 1 aromatic heterocycles. The van der Waals surface area contributed by atoms with Crippen LogP contribution in [0.2, 0.25) is 0 Å². The molecule has 0 unspecified atom stereocenters. The first kappa shape index (κ1) is 20.3. The van der Waals surface area contributed by atoms with Gasteiger partial charge in [-0.25, -0.2) is 5.43 Å².